The molecule has 8 heteroatoms. The fourth-order valence-electron chi connectivity index (χ4n) is 3.68. The summed E-state index contributed by atoms with van der Waals surface area (Å²) in [5.74, 6) is 1.38. The first-order chi connectivity index (χ1) is 13.2. The van der Waals surface area contributed by atoms with Crippen molar-refractivity contribution in [3.8, 4) is 5.75 Å². The Morgan fingerprint density at radius 3 is 3.00 bits per heavy atom. The molecular weight excluding hydrogens is 344 g/mol. The van der Waals surface area contributed by atoms with E-state index < -0.39 is 0 Å². The average molecular weight is 366 g/mol. The number of methoxy groups -OCH3 is 1. The SMILES string of the molecule is CCCc1[nH]nc2c1C(c1ccc(OC)c(Cn3cncn3)c1)CC(=O)N2. The van der Waals surface area contributed by atoms with Gasteiger partial charge in [0.2, 0.25) is 5.91 Å². The van der Waals surface area contributed by atoms with Gasteiger partial charge in [-0.3, -0.25) is 9.89 Å². The maximum absolute atomic E-state index is 12.2. The number of amides is 1. The van der Waals surface area contributed by atoms with Gasteiger partial charge in [-0.25, -0.2) is 9.67 Å². The molecule has 1 aliphatic heterocycles. The van der Waals surface area contributed by atoms with E-state index in [2.05, 4.69) is 38.6 Å². The third-order valence-corrected chi connectivity index (χ3v) is 4.88. The van der Waals surface area contributed by atoms with E-state index in [1.165, 1.54) is 6.33 Å². The maximum atomic E-state index is 12.2. The Morgan fingerprint density at radius 2 is 2.26 bits per heavy atom. The molecule has 1 amide bonds. The number of nitrogens with zero attached hydrogens (tertiary/aromatic N) is 4. The highest BCUT2D eigenvalue weighted by atomic mass is 16.5. The summed E-state index contributed by atoms with van der Waals surface area (Å²) in [7, 11) is 1.65. The highest BCUT2D eigenvalue weighted by molar-refractivity contribution is 5.94. The van der Waals surface area contributed by atoms with E-state index in [-0.39, 0.29) is 11.8 Å². The fraction of sp³-hybridized carbons (Fsp3) is 0.368. The summed E-state index contributed by atoms with van der Waals surface area (Å²) in [5.41, 5.74) is 4.24. The molecule has 1 unspecified atom stereocenters. The van der Waals surface area contributed by atoms with Gasteiger partial charge in [0.05, 0.1) is 13.7 Å². The molecule has 0 spiro atoms. The van der Waals surface area contributed by atoms with Crippen molar-refractivity contribution in [2.45, 2.75) is 38.6 Å². The van der Waals surface area contributed by atoms with E-state index in [9.17, 15) is 4.79 Å². The van der Waals surface area contributed by atoms with Crippen LogP contribution in [0.15, 0.2) is 30.9 Å². The average Bonchev–Trinajstić information content (AvgIpc) is 3.31. The van der Waals surface area contributed by atoms with E-state index in [4.69, 9.17) is 4.74 Å². The Bertz CT molecular complexity index is 947. The Kier molecular flexibility index (Phi) is 4.62. The van der Waals surface area contributed by atoms with Gasteiger partial charge in [0.15, 0.2) is 5.82 Å². The van der Waals surface area contributed by atoms with Crippen LogP contribution in [0.3, 0.4) is 0 Å². The molecule has 2 aromatic heterocycles. The topological polar surface area (TPSA) is 97.7 Å². The zero-order valence-electron chi connectivity index (χ0n) is 15.4. The first-order valence-corrected chi connectivity index (χ1v) is 9.05. The molecule has 2 N–H and O–H groups in total. The summed E-state index contributed by atoms with van der Waals surface area (Å²) in [4.78, 5) is 16.2. The van der Waals surface area contributed by atoms with Crippen LogP contribution in [0.2, 0.25) is 0 Å². The molecular formula is C19H22N6O2. The quantitative estimate of drug-likeness (QED) is 0.698. The molecule has 1 aliphatic rings. The van der Waals surface area contributed by atoms with E-state index in [0.717, 1.165) is 41.0 Å². The van der Waals surface area contributed by atoms with Crippen LogP contribution in [0.25, 0.3) is 0 Å². The number of aromatic nitrogens is 5. The fourth-order valence-corrected chi connectivity index (χ4v) is 3.68. The second kappa shape index (κ2) is 7.22. The lowest BCUT2D eigenvalue weighted by Gasteiger charge is -2.24. The number of rotatable bonds is 6. The normalized spacial score (nSPS) is 16.1. The molecule has 0 fully saturated rings. The van der Waals surface area contributed by atoms with Gasteiger partial charge in [-0.05, 0) is 24.1 Å². The number of ether oxygens (including phenoxy) is 1. The lowest BCUT2D eigenvalue weighted by Crippen LogP contribution is -2.24. The van der Waals surface area contributed by atoms with Gasteiger partial charge in [0.1, 0.15) is 18.4 Å². The number of H-pyrrole nitrogens is 1. The van der Waals surface area contributed by atoms with Gasteiger partial charge < -0.3 is 10.1 Å². The molecule has 0 bridgehead atoms. The van der Waals surface area contributed by atoms with Crippen molar-refractivity contribution >= 4 is 11.7 Å². The summed E-state index contributed by atoms with van der Waals surface area (Å²) >= 11 is 0. The van der Waals surface area contributed by atoms with Gasteiger partial charge in [-0.2, -0.15) is 10.2 Å². The Morgan fingerprint density at radius 1 is 1.37 bits per heavy atom. The number of hydrogen-bond donors (Lipinski definition) is 2. The number of nitrogens with one attached hydrogen (secondary N) is 2. The van der Waals surface area contributed by atoms with Crippen LogP contribution < -0.4 is 10.1 Å². The van der Waals surface area contributed by atoms with Gasteiger partial charge in [0.25, 0.3) is 0 Å². The number of hydrogen-bond acceptors (Lipinski definition) is 5. The van der Waals surface area contributed by atoms with Crippen molar-refractivity contribution in [1.29, 1.82) is 0 Å². The van der Waals surface area contributed by atoms with Gasteiger partial charge in [0, 0.05) is 29.2 Å². The zero-order chi connectivity index (χ0) is 18.8. The zero-order valence-corrected chi connectivity index (χ0v) is 15.4. The minimum atomic E-state index is -0.0329. The van der Waals surface area contributed by atoms with Crippen LogP contribution in [-0.2, 0) is 17.8 Å². The van der Waals surface area contributed by atoms with Gasteiger partial charge in [-0.15, -0.1) is 0 Å². The van der Waals surface area contributed by atoms with Gasteiger partial charge >= 0.3 is 0 Å². The van der Waals surface area contributed by atoms with Crippen molar-refractivity contribution in [1.82, 2.24) is 25.0 Å². The smallest absolute Gasteiger partial charge is 0.226 e. The summed E-state index contributed by atoms with van der Waals surface area (Å²) < 4.78 is 7.27. The molecule has 140 valence electrons. The summed E-state index contributed by atoms with van der Waals surface area (Å²) in [6, 6.07) is 6.07. The van der Waals surface area contributed by atoms with E-state index >= 15 is 0 Å². The largest absolute Gasteiger partial charge is 0.496 e. The Hall–Kier alpha value is -3.16. The van der Waals surface area contributed by atoms with Gasteiger partial charge in [-0.1, -0.05) is 19.4 Å². The van der Waals surface area contributed by atoms with Crippen molar-refractivity contribution in [3.05, 3.63) is 53.2 Å². The first-order valence-electron chi connectivity index (χ1n) is 9.05. The monoisotopic (exact) mass is 366 g/mol. The lowest BCUT2D eigenvalue weighted by atomic mass is 9.84. The van der Waals surface area contributed by atoms with Crippen molar-refractivity contribution in [3.63, 3.8) is 0 Å². The number of aromatic amines is 1. The van der Waals surface area contributed by atoms with Crippen molar-refractivity contribution in [2.75, 3.05) is 12.4 Å². The molecule has 3 heterocycles. The van der Waals surface area contributed by atoms with E-state index in [1.807, 2.05) is 12.1 Å². The molecule has 3 aromatic rings. The molecule has 8 nitrogen and oxygen atoms in total. The van der Waals surface area contributed by atoms with Crippen LogP contribution >= 0.6 is 0 Å². The summed E-state index contributed by atoms with van der Waals surface area (Å²) in [6.45, 7) is 2.68. The van der Waals surface area contributed by atoms with Crippen LogP contribution in [-0.4, -0.2) is 38.0 Å². The molecule has 0 radical (unpaired) electrons. The van der Waals surface area contributed by atoms with Crippen molar-refractivity contribution < 1.29 is 9.53 Å². The second-order valence-electron chi connectivity index (χ2n) is 6.68. The van der Waals surface area contributed by atoms with E-state index in [0.29, 0.717) is 18.8 Å². The number of carbonyl (C=O) groups is 1. The minimum absolute atomic E-state index is 0.0179. The first kappa shape index (κ1) is 17.3. The second-order valence-corrected chi connectivity index (χ2v) is 6.68. The summed E-state index contributed by atoms with van der Waals surface area (Å²) in [5, 5.41) is 14.5. The minimum Gasteiger partial charge on any atom is -0.496 e. The highest BCUT2D eigenvalue weighted by Gasteiger charge is 2.31. The van der Waals surface area contributed by atoms with Crippen LogP contribution in [0.1, 0.15) is 48.1 Å². The molecule has 27 heavy (non-hydrogen) atoms. The molecule has 1 aromatic carbocycles. The van der Waals surface area contributed by atoms with Crippen molar-refractivity contribution in [2.24, 2.45) is 0 Å². The third-order valence-electron chi connectivity index (χ3n) is 4.88. The number of benzene rings is 1. The van der Waals surface area contributed by atoms with Crippen LogP contribution in [0.4, 0.5) is 5.82 Å². The number of aryl methyl sites for hydroxylation is 1. The van der Waals surface area contributed by atoms with Crippen LogP contribution in [0, 0.1) is 0 Å². The number of carbonyl (C=O) groups excluding carboxylic acids is 1. The maximum Gasteiger partial charge on any atom is 0.226 e. The molecule has 0 saturated carbocycles. The molecule has 0 saturated heterocycles. The number of fused-ring (bicyclic) bond motifs is 1. The summed E-state index contributed by atoms with van der Waals surface area (Å²) in [6.07, 6.45) is 5.49. The predicted molar refractivity (Wildman–Crippen MR) is 99.8 cm³/mol. The number of anilines is 1. The third kappa shape index (κ3) is 3.30. The van der Waals surface area contributed by atoms with E-state index in [1.54, 1.807) is 18.1 Å². The highest BCUT2D eigenvalue weighted by Crippen LogP contribution is 2.39. The Balaban J connectivity index is 1.75. The Labute approximate surface area is 157 Å². The molecule has 0 aliphatic carbocycles. The molecule has 1 atom stereocenters. The predicted octanol–water partition coefficient (Wildman–Crippen LogP) is 2.48. The van der Waals surface area contributed by atoms with Crippen LogP contribution in [0.5, 0.6) is 5.75 Å². The lowest BCUT2D eigenvalue weighted by molar-refractivity contribution is -0.116. The standard InChI is InChI=1S/C19H22N6O2/c1-3-4-15-18-14(8-17(26)22-19(18)24-23-15)12-5-6-16(27-2)13(7-12)9-25-11-20-10-21-25/h5-7,10-11,14H,3-4,8-9H2,1-2H3,(H2,22,23,24,26). The molecule has 4 rings (SSSR count).